The summed E-state index contributed by atoms with van der Waals surface area (Å²) in [6.07, 6.45) is 6.77. The molecule has 2 aliphatic carbocycles. The zero-order valence-corrected chi connectivity index (χ0v) is 10.7. The summed E-state index contributed by atoms with van der Waals surface area (Å²) in [5.74, 6) is -2.85. The fraction of sp³-hybridized carbons (Fsp3) is 0.714. The van der Waals surface area contributed by atoms with Crippen LogP contribution in [0.5, 0.6) is 0 Å². The minimum atomic E-state index is -1.12. The number of fused-ring (bicyclic) bond motifs is 2. The Morgan fingerprint density at radius 1 is 1.11 bits per heavy atom. The van der Waals surface area contributed by atoms with Crippen LogP contribution in [0.4, 0.5) is 0 Å². The van der Waals surface area contributed by atoms with Gasteiger partial charge in [-0.15, -0.1) is 0 Å². The van der Waals surface area contributed by atoms with Crippen LogP contribution in [0.15, 0.2) is 12.2 Å². The number of aliphatic hydroxyl groups excluding tert-OH is 1. The molecule has 2 aliphatic rings. The lowest BCUT2D eigenvalue weighted by Crippen LogP contribution is -2.33. The maximum absolute atomic E-state index is 11.4. The lowest BCUT2D eigenvalue weighted by atomic mass is 9.78. The highest BCUT2D eigenvalue weighted by molar-refractivity contribution is 5.80. The van der Waals surface area contributed by atoms with Crippen molar-refractivity contribution in [1.29, 1.82) is 0 Å². The molecule has 0 aromatic rings. The molecule has 0 amide bonds. The number of aliphatic carboxylic acids is 2. The van der Waals surface area contributed by atoms with Gasteiger partial charge in [-0.3, -0.25) is 9.59 Å². The van der Waals surface area contributed by atoms with Crippen LogP contribution < -0.4 is 0 Å². The summed E-state index contributed by atoms with van der Waals surface area (Å²) in [5.41, 5.74) is 0. The van der Waals surface area contributed by atoms with Gasteiger partial charge in [-0.05, 0) is 43.4 Å². The lowest BCUT2D eigenvalue weighted by Gasteiger charge is -2.25. The van der Waals surface area contributed by atoms with Crippen molar-refractivity contribution in [2.75, 3.05) is 6.61 Å². The molecule has 5 unspecified atom stereocenters. The molecular formula is C14H20O5. The van der Waals surface area contributed by atoms with Crippen molar-refractivity contribution >= 4 is 11.9 Å². The van der Waals surface area contributed by atoms with Gasteiger partial charge < -0.3 is 15.3 Å². The molecule has 0 saturated heterocycles. The van der Waals surface area contributed by atoms with Gasteiger partial charge in [-0.1, -0.05) is 12.2 Å². The zero-order chi connectivity index (χ0) is 14.0. The highest BCUT2D eigenvalue weighted by atomic mass is 16.4. The van der Waals surface area contributed by atoms with E-state index in [1.54, 1.807) is 0 Å². The minimum Gasteiger partial charge on any atom is -0.481 e. The van der Waals surface area contributed by atoms with Gasteiger partial charge in [0.15, 0.2) is 0 Å². The number of carboxylic acids is 2. The molecule has 2 rings (SSSR count). The van der Waals surface area contributed by atoms with Crippen molar-refractivity contribution in [2.24, 2.45) is 29.6 Å². The first-order valence-electron chi connectivity index (χ1n) is 6.77. The molecular weight excluding hydrogens is 248 g/mol. The van der Waals surface area contributed by atoms with E-state index in [4.69, 9.17) is 10.2 Å². The SMILES string of the molecule is O=C(O)C(CCO)C(CC1CC2C=CC1C2)C(=O)O. The first-order chi connectivity index (χ1) is 9.02. The number of hydrogen-bond donors (Lipinski definition) is 3. The normalized spacial score (nSPS) is 31.3. The second kappa shape index (κ2) is 5.74. The van der Waals surface area contributed by atoms with E-state index >= 15 is 0 Å². The fourth-order valence-corrected chi connectivity index (χ4v) is 3.56. The van der Waals surface area contributed by atoms with Crippen LogP contribution in [0.3, 0.4) is 0 Å². The Bertz CT molecular complexity index is 389. The molecule has 106 valence electrons. The van der Waals surface area contributed by atoms with E-state index in [9.17, 15) is 14.7 Å². The van der Waals surface area contributed by atoms with Crippen molar-refractivity contribution in [3.8, 4) is 0 Å². The second-order valence-electron chi connectivity index (χ2n) is 5.68. The fourth-order valence-electron chi connectivity index (χ4n) is 3.56. The molecule has 5 nitrogen and oxygen atoms in total. The first kappa shape index (κ1) is 14.1. The molecule has 19 heavy (non-hydrogen) atoms. The van der Waals surface area contributed by atoms with Gasteiger partial charge in [0, 0.05) is 6.61 Å². The largest absolute Gasteiger partial charge is 0.481 e. The van der Waals surface area contributed by atoms with Gasteiger partial charge >= 0.3 is 11.9 Å². The Labute approximate surface area is 111 Å². The van der Waals surface area contributed by atoms with Gasteiger partial charge in [-0.25, -0.2) is 0 Å². The van der Waals surface area contributed by atoms with E-state index in [-0.39, 0.29) is 18.9 Å². The third-order valence-electron chi connectivity index (χ3n) is 4.53. The molecule has 2 bridgehead atoms. The Morgan fingerprint density at radius 3 is 2.21 bits per heavy atom. The predicted octanol–water partition coefficient (Wildman–Crippen LogP) is 1.37. The van der Waals surface area contributed by atoms with Crippen LogP contribution in [0.25, 0.3) is 0 Å². The van der Waals surface area contributed by atoms with E-state index in [0.29, 0.717) is 18.3 Å². The van der Waals surface area contributed by atoms with Crippen molar-refractivity contribution in [3.05, 3.63) is 12.2 Å². The first-order valence-corrected chi connectivity index (χ1v) is 6.77. The summed E-state index contributed by atoms with van der Waals surface area (Å²) in [4.78, 5) is 22.5. The zero-order valence-electron chi connectivity index (χ0n) is 10.7. The molecule has 0 radical (unpaired) electrons. The molecule has 0 aromatic carbocycles. The molecule has 5 atom stereocenters. The van der Waals surface area contributed by atoms with Crippen LogP contribution in [-0.4, -0.2) is 33.9 Å². The van der Waals surface area contributed by atoms with E-state index in [1.165, 1.54) is 0 Å². The summed E-state index contributed by atoms with van der Waals surface area (Å²) >= 11 is 0. The number of aliphatic hydroxyl groups is 1. The van der Waals surface area contributed by atoms with Gasteiger partial charge in [0.1, 0.15) is 0 Å². The van der Waals surface area contributed by atoms with Crippen molar-refractivity contribution in [1.82, 2.24) is 0 Å². The van der Waals surface area contributed by atoms with E-state index in [2.05, 4.69) is 12.2 Å². The Balaban J connectivity index is 2.05. The Kier molecular flexibility index (Phi) is 4.24. The van der Waals surface area contributed by atoms with Gasteiger partial charge in [0.2, 0.25) is 0 Å². The van der Waals surface area contributed by atoms with Gasteiger partial charge in [-0.2, -0.15) is 0 Å². The molecule has 0 heterocycles. The van der Waals surface area contributed by atoms with Crippen LogP contribution in [0, 0.1) is 29.6 Å². The summed E-state index contributed by atoms with van der Waals surface area (Å²) in [5, 5.41) is 27.3. The molecule has 1 saturated carbocycles. The number of rotatable bonds is 7. The van der Waals surface area contributed by atoms with Crippen molar-refractivity contribution in [3.63, 3.8) is 0 Å². The van der Waals surface area contributed by atoms with Gasteiger partial charge in [0.25, 0.3) is 0 Å². The molecule has 0 aromatic heterocycles. The monoisotopic (exact) mass is 268 g/mol. The highest BCUT2D eigenvalue weighted by Gasteiger charge is 2.41. The predicted molar refractivity (Wildman–Crippen MR) is 67.4 cm³/mol. The molecule has 1 fully saturated rings. The summed E-state index contributed by atoms with van der Waals surface area (Å²) in [7, 11) is 0. The number of hydrogen-bond acceptors (Lipinski definition) is 3. The number of carbonyl (C=O) groups is 2. The van der Waals surface area contributed by atoms with Crippen LogP contribution in [0.2, 0.25) is 0 Å². The number of carboxylic acid groups (broad SMARTS) is 2. The van der Waals surface area contributed by atoms with E-state index in [1.807, 2.05) is 0 Å². The lowest BCUT2D eigenvalue weighted by molar-refractivity contribution is -0.155. The molecule has 0 aliphatic heterocycles. The highest BCUT2D eigenvalue weighted by Crippen LogP contribution is 2.46. The second-order valence-corrected chi connectivity index (χ2v) is 5.68. The van der Waals surface area contributed by atoms with E-state index in [0.717, 1.165) is 12.8 Å². The average molecular weight is 268 g/mol. The Hall–Kier alpha value is -1.36. The molecule has 5 heteroatoms. The topological polar surface area (TPSA) is 94.8 Å². The van der Waals surface area contributed by atoms with Crippen molar-refractivity contribution < 1.29 is 24.9 Å². The third kappa shape index (κ3) is 2.97. The van der Waals surface area contributed by atoms with Crippen LogP contribution in [0.1, 0.15) is 25.7 Å². The maximum atomic E-state index is 11.4. The molecule has 3 N–H and O–H groups in total. The third-order valence-corrected chi connectivity index (χ3v) is 4.53. The minimum absolute atomic E-state index is 0.00293. The summed E-state index contributed by atoms with van der Waals surface area (Å²) in [6, 6.07) is 0. The number of allylic oxidation sites excluding steroid dienone is 2. The van der Waals surface area contributed by atoms with Crippen LogP contribution in [-0.2, 0) is 9.59 Å². The quantitative estimate of drug-likeness (QED) is 0.606. The molecule has 0 spiro atoms. The smallest absolute Gasteiger partial charge is 0.307 e. The summed E-state index contributed by atoms with van der Waals surface area (Å²) < 4.78 is 0. The maximum Gasteiger partial charge on any atom is 0.307 e. The van der Waals surface area contributed by atoms with Crippen molar-refractivity contribution in [2.45, 2.75) is 25.7 Å². The van der Waals surface area contributed by atoms with Gasteiger partial charge in [0.05, 0.1) is 11.8 Å². The Morgan fingerprint density at radius 2 is 1.79 bits per heavy atom. The average Bonchev–Trinajstić information content (AvgIpc) is 2.94. The van der Waals surface area contributed by atoms with Crippen LogP contribution >= 0.6 is 0 Å². The summed E-state index contributed by atoms with van der Waals surface area (Å²) in [6.45, 7) is -0.294. The van der Waals surface area contributed by atoms with E-state index < -0.39 is 23.8 Å². The standard InChI is InChI=1S/C14H20O5/c15-4-3-11(13(16)17)12(14(18)19)7-10-6-8-1-2-9(10)5-8/h1-2,8-12,15H,3-7H2,(H,16,17)(H,18,19).